The third-order valence-corrected chi connectivity index (χ3v) is 4.82. The van der Waals surface area contributed by atoms with E-state index in [9.17, 15) is 14.9 Å². The number of hydrogen-bond donors (Lipinski definition) is 1. The largest absolute Gasteiger partial charge is 0.490 e. The number of benzene rings is 3. The number of amides is 1. The lowest BCUT2D eigenvalue weighted by Crippen LogP contribution is -2.17. The summed E-state index contributed by atoms with van der Waals surface area (Å²) in [5.74, 6) is 0.688. The molecule has 0 fully saturated rings. The summed E-state index contributed by atoms with van der Waals surface area (Å²) >= 11 is 3.41. The predicted molar refractivity (Wildman–Crippen MR) is 124 cm³/mol. The molecule has 1 amide bonds. The maximum absolute atomic E-state index is 12.1. The molecular weight excluding hydrogens is 478 g/mol. The summed E-state index contributed by atoms with van der Waals surface area (Å²) in [5, 5.41) is 14.6. The van der Waals surface area contributed by atoms with Crippen molar-refractivity contribution in [2.45, 2.75) is 13.5 Å². The van der Waals surface area contributed by atoms with Gasteiger partial charge < -0.3 is 9.47 Å². The second-order valence-electron chi connectivity index (χ2n) is 6.56. The number of ether oxygens (including phenoxy) is 2. The summed E-state index contributed by atoms with van der Waals surface area (Å²) in [6, 6.07) is 18.4. The fourth-order valence-electron chi connectivity index (χ4n) is 2.70. The molecule has 164 valence electrons. The maximum atomic E-state index is 12.1. The highest BCUT2D eigenvalue weighted by molar-refractivity contribution is 9.10. The van der Waals surface area contributed by atoms with E-state index in [1.54, 1.807) is 18.2 Å². The number of nitrogens with one attached hydrogen (secondary N) is 1. The van der Waals surface area contributed by atoms with Gasteiger partial charge in [0.1, 0.15) is 6.61 Å². The van der Waals surface area contributed by atoms with Crippen LogP contribution in [0.1, 0.15) is 28.4 Å². The van der Waals surface area contributed by atoms with Crippen molar-refractivity contribution in [2.24, 2.45) is 5.10 Å². The first-order chi connectivity index (χ1) is 15.5. The lowest BCUT2D eigenvalue weighted by atomic mass is 10.2. The molecule has 9 heteroatoms. The molecule has 0 bridgehead atoms. The van der Waals surface area contributed by atoms with Gasteiger partial charge in [-0.15, -0.1) is 0 Å². The van der Waals surface area contributed by atoms with E-state index in [1.165, 1.54) is 30.5 Å². The fraction of sp³-hybridized carbons (Fsp3) is 0.130. The van der Waals surface area contributed by atoms with E-state index in [2.05, 4.69) is 26.5 Å². The van der Waals surface area contributed by atoms with Gasteiger partial charge >= 0.3 is 0 Å². The summed E-state index contributed by atoms with van der Waals surface area (Å²) < 4.78 is 12.6. The van der Waals surface area contributed by atoms with Crippen molar-refractivity contribution in [1.82, 2.24) is 5.43 Å². The lowest BCUT2D eigenvalue weighted by Gasteiger charge is -2.12. The van der Waals surface area contributed by atoms with Crippen LogP contribution >= 0.6 is 15.9 Å². The van der Waals surface area contributed by atoms with Gasteiger partial charge in [-0.2, -0.15) is 5.10 Å². The van der Waals surface area contributed by atoms with Crippen LogP contribution in [0, 0.1) is 10.1 Å². The first-order valence-electron chi connectivity index (χ1n) is 9.68. The van der Waals surface area contributed by atoms with Crippen LogP contribution in [0.15, 0.2) is 76.3 Å². The monoisotopic (exact) mass is 497 g/mol. The van der Waals surface area contributed by atoms with E-state index < -0.39 is 10.8 Å². The fourth-order valence-corrected chi connectivity index (χ4v) is 2.96. The highest BCUT2D eigenvalue weighted by Gasteiger charge is 2.09. The molecule has 0 saturated carbocycles. The van der Waals surface area contributed by atoms with Crippen LogP contribution in [-0.2, 0) is 6.61 Å². The standard InChI is InChI=1S/C23H20BrN3O5/c1-2-31-22-13-17(5-12-21(22)32-15-16-3-8-19(24)9-4-16)14-25-26-23(28)18-6-10-20(11-7-18)27(29)30/h3-14H,2,15H2,1H3,(H,26,28)/b25-14+. The number of carbonyl (C=O) groups excluding carboxylic acids is 1. The summed E-state index contributed by atoms with van der Waals surface area (Å²) in [4.78, 5) is 22.3. The number of hydrazone groups is 1. The van der Waals surface area contributed by atoms with Crippen molar-refractivity contribution in [1.29, 1.82) is 0 Å². The van der Waals surface area contributed by atoms with Gasteiger partial charge in [-0.1, -0.05) is 28.1 Å². The van der Waals surface area contributed by atoms with Gasteiger partial charge in [0.2, 0.25) is 0 Å². The Morgan fingerprint density at radius 2 is 1.78 bits per heavy atom. The topological polar surface area (TPSA) is 103 Å². The Bertz CT molecular complexity index is 1120. The van der Waals surface area contributed by atoms with Gasteiger partial charge in [0.15, 0.2) is 11.5 Å². The minimum Gasteiger partial charge on any atom is -0.490 e. The molecular formula is C23H20BrN3O5. The SMILES string of the molecule is CCOc1cc(/C=N/NC(=O)c2ccc([N+](=O)[O-])cc2)ccc1OCc1ccc(Br)cc1. The van der Waals surface area contributed by atoms with Gasteiger partial charge in [0.25, 0.3) is 11.6 Å². The average molecular weight is 498 g/mol. The molecule has 0 heterocycles. The van der Waals surface area contributed by atoms with E-state index in [1.807, 2.05) is 31.2 Å². The van der Waals surface area contributed by atoms with Crippen LogP contribution in [0.5, 0.6) is 11.5 Å². The van der Waals surface area contributed by atoms with Crippen LogP contribution < -0.4 is 14.9 Å². The van der Waals surface area contributed by atoms with Gasteiger partial charge in [0, 0.05) is 22.2 Å². The van der Waals surface area contributed by atoms with Gasteiger partial charge in [0.05, 0.1) is 17.7 Å². The van der Waals surface area contributed by atoms with Crippen molar-refractivity contribution >= 4 is 33.7 Å². The average Bonchev–Trinajstić information content (AvgIpc) is 2.80. The molecule has 0 radical (unpaired) electrons. The Hall–Kier alpha value is -3.72. The molecule has 0 aliphatic carbocycles. The minimum atomic E-state index is -0.526. The van der Waals surface area contributed by atoms with Crippen LogP contribution in [0.4, 0.5) is 5.69 Å². The second-order valence-corrected chi connectivity index (χ2v) is 7.47. The van der Waals surface area contributed by atoms with E-state index in [0.29, 0.717) is 30.3 Å². The number of carbonyl (C=O) groups is 1. The summed E-state index contributed by atoms with van der Waals surface area (Å²) in [6.07, 6.45) is 1.48. The second kappa shape index (κ2) is 11.1. The molecule has 0 atom stereocenters. The third-order valence-electron chi connectivity index (χ3n) is 4.30. The van der Waals surface area contributed by atoms with Crippen LogP contribution in [-0.4, -0.2) is 23.7 Å². The highest BCUT2D eigenvalue weighted by atomic mass is 79.9. The summed E-state index contributed by atoms with van der Waals surface area (Å²) in [7, 11) is 0. The number of nitro groups is 1. The zero-order chi connectivity index (χ0) is 22.9. The number of non-ortho nitro benzene ring substituents is 1. The van der Waals surface area contributed by atoms with Crippen LogP contribution in [0.3, 0.4) is 0 Å². The molecule has 0 unspecified atom stereocenters. The maximum Gasteiger partial charge on any atom is 0.271 e. The smallest absolute Gasteiger partial charge is 0.271 e. The van der Waals surface area contributed by atoms with Crippen molar-refractivity contribution < 1.29 is 19.2 Å². The van der Waals surface area contributed by atoms with E-state index in [4.69, 9.17) is 9.47 Å². The Morgan fingerprint density at radius 1 is 1.06 bits per heavy atom. The molecule has 32 heavy (non-hydrogen) atoms. The molecule has 8 nitrogen and oxygen atoms in total. The summed E-state index contributed by atoms with van der Waals surface area (Å²) in [6.45, 7) is 2.74. The van der Waals surface area contributed by atoms with Gasteiger partial charge in [-0.05, 0) is 60.5 Å². The number of halogens is 1. The zero-order valence-corrected chi connectivity index (χ0v) is 18.7. The van der Waals surface area contributed by atoms with E-state index in [-0.39, 0.29) is 11.3 Å². The molecule has 3 aromatic carbocycles. The minimum absolute atomic E-state index is 0.0871. The van der Waals surface area contributed by atoms with Crippen LogP contribution in [0.25, 0.3) is 0 Å². The van der Waals surface area contributed by atoms with Crippen molar-refractivity contribution in [3.8, 4) is 11.5 Å². The van der Waals surface area contributed by atoms with E-state index in [0.717, 1.165) is 10.0 Å². The number of nitrogens with zero attached hydrogens (tertiary/aromatic N) is 2. The molecule has 1 N–H and O–H groups in total. The molecule has 3 rings (SSSR count). The number of hydrogen-bond acceptors (Lipinski definition) is 6. The first-order valence-corrected chi connectivity index (χ1v) is 10.5. The quantitative estimate of drug-likeness (QED) is 0.251. The molecule has 3 aromatic rings. The third kappa shape index (κ3) is 6.39. The Kier molecular flexibility index (Phi) is 7.93. The molecule has 0 spiro atoms. The number of nitro benzene ring substituents is 1. The van der Waals surface area contributed by atoms with Crippen molar-refractivity contribution in [3.05, 3.63) is 98.0 Å². The Labute approximate surface area is 193 Å². The van der Waals surface area contributed by atoms with Crippen molar-refractivity contribution in [2.75, 3.05) is 6.61 Å². The summed E-state index contributed by atoms with van der Waals surface area (Å²) in [5.41, 5.74) is 4.30. The Balaban J connectivity index is 1.63. The molecule has 0 aliphatic rings. The van der Waals surface area contributed by atoms with Crippen LogP contribution in [0.2, 0.25) is 0 Å². The normalized spacial score (nSPS) is 10.7. The van der Waals surface area contributed by atoms with E-state index >= 15 is 0 Å². The van der Waals surface area contributed by atoms with Gasteiger partial charge in [-0.3, -0.25) is 14.9 Å². The Morgan fingerprint density at radius 3 is 2.44 bits per heavy atom. The zero-order valence-electron chi connectivity index (χ0n) is 17.2. The molecule has 0 aromatic heterocycles. The first kappa shape index (κ1) is 23.0. The number of rotatable bonds is 9. The van der Waals surface area contributed by atoms with Gasteiger partial charge in [-0.25, -0.2) is 5.43 Å². The highest BCUT2D eigenvalue weighted by Crippen LogP contribution is 2.29. The lowest BCUT2D eigenvalue weighted by molar-refractivity contribution is -0.384. The van der Waals surface area contributed by atoms with Crippen molar-refractivity contribution in [3.63, 3.8) is 0 Å². The molecule has 0 aliphatic heterocycles. The predicted octanol–water partition coefficient (Wildman–Crippen LogP) is 5.10. The molecule has 0 saturated heterocycles.